The average molecular weight is 621 g/mol. The van der Waals surface area contributed by atoms with Gasteiger partial charge in [-0.2, -0.15) is 0 Å². The van der Waals surface area contributed by atoms with Crippen molar-refractivity contribution in [3.05, 3.63) is 30.3 Å². The molecule has 0 bridgehead atoms. The van der Waals surface area contributed by atoms with Crippen molar-refractivity contribution >= 4 is 83.6 Å². The zero-order chi connectivity index (χ0) is 25.7. The molecule has 9 nitrogen and oxygen atoms in total. The molecule has 3 atom stereocenters. The number of ether oxygens (including phenoxy) is 3. The number of rotatable bonds is 10. The van der Waals surface area contributed by atoms with Crippen LogP contribution in [-0.2, 0) is 28.7 Å². The minimum absolute atomic E-state index is 0.377. The molecule has 14 heteroatoms. The minimum atomic E-state index is -1.87. The smallest absolute Gasteiger partial charge is 0.330 e. The second kappa shape index (κ2) is 12.0. The number of esters is 2. The Morgan fingerprint density at radius 2 is 1.82 bits per heavy atom. The van der Waals surface area contributed by atoms with Crippen LogP contribution < -0.4 is 10.1 Å². The molecule has 1 aromatic carbocycles. The van der Waals surface area contributed by atoms with Crippen LogP contribution >= 0.6 is 59.8 Å². The van der Waals surface area contributed by atoms with E-state index in [4.69, 9.17) is 49.0 Å². The van der Waals surface area contributed by atoms with E-state index in [1.807, 2.05) is 0 Å². The zero-order valence-electron chi connectivity index (χ0n) is 18.3. The van der Waals surface area contributed by atoms with Crippen LogP contribution in [0.3, 0.4) is 0 Å². The third kappa shape index (κ3) is 7.81. The Labute approximate surface area is 223 Å². The highest BCUT2D eigenvalue weighted by Gasteiger charge is 2.59. The van der Waals surface area contributed by atoms with E-state index in [0.717, 1.165) is 22.0 Å². The highest BCUT2D eigenvalue weighted by molar-refractivity contribution is 9.50. The summed E-state index contributed by atoms with van der Waals surface area (Å²) in [4.78, 5) is 51.1. The number of carbonyl (C=O) groups excluding carboxylic acids is 4. The highest BCUT2D eigenvalue weighted by atomic mass is 79.9. The van der Waals surface area contributed by atoms with E-state index in [-0.39, 0.29) is 6.61 Å². The molecule has 2 rings (SSSR count). The van der Waals surface area contributed by atoms with Gasteiger partial charge in [-0.25, -0.2) is 4.79 Å². The van der Waals surface area contributed by atoms with Crippen molar-refractivity contribution in [2.75, 3.05) is 13.2 Å². The minimum Gasteiger partial charge on any atom is -0.484 e. The van der Waals surface area contributed by atoms with Crippen molar-refractivity contribution in [1.82, 2.24) is 10.2 Å². The summed E-state index contributed by atoms with van der Waals surface area (Å²) in [5.74, 6) is -2.43. The number of alkyl halides is 3. The maximum atomic E-state index is 13.0. The predicted octanol–water partition coefficient (Wildman–Crippen LogP) is 3.39. The summed E-state index contributed by atoms with van der Waals surface area (Å²) in [6.07, 6.45) is -1.27. The first-order valence-corrected chi connectivity index (χ1v) is 13.6. The summed E-state index contributed by atoms with van der Waals surface area (Å²) in [6, 6.07) is 6.12. The molecule has 1 heterocycles. The van der Waals surface area contributed by atoms with Crippen LogP contribution in [0.4, 0.5) is 0 Å². The molecular weight excluding hydrogens is 599 g/mol. The SMILES string of the molecule is CC(=O)OC1C(NC(=O)COc2ccccc2)C(=O)N1C(C(=O)OCC(Cl)(Cl)Cl)C(C)(C)SBr. The molecule has 0 radical (unpaired) electrons. The number of hydrogen-bond acceptors (Lipinski definition) is 8. The Morgan fingerprint density at radius 3 is 2.35 bits per heavy atom. The molecule has 188 valence electrons. The van der Waals surface area contributed by atoms with Crippen LogP contribution in [0, 0.1) is 0 Å². The average Bonchev–Trinajstić information content (AvgIpc) is 2.77. The number of nitrogens with zero attached hydrogens (tertiary/aromatic N) is 1. The second-order valence-corrected chi connectivity index (χ2v) is 12.4. The highest BCUT2D eigenvalue weighted by Crippen LogP contribution is 2.40. The van der Waals surface area contributed by atoms with Gasteiger partial charge in [0, 0.05) is 6.92 Å². The molecule has 0 saturated carbocycles. The molecule has 34 heavy (non-hydrogen) atoms. The van der Waals surface area contributed by atoms with Crippen molar-refractivity contribution in [3.63, 3.8) is 0 Å². The normalized spacial score (nSPS) is 19.0. The number of halogens is 4. The van der Waals surface area contributed by atoms with Crippen LogP contribution in [0.2, 0.25) is 0 Å². The fourth-order valence-corrected chi connectivity index (χ4v) is 4.06. The van der Waals surface area contributed by atoms with Crippen molar-refractivity contribution < 1.29 is 33.4 Å². The first-order chi connectivity index (χ1) is 15.8. The lowest BCUT2D eigenvalue weighted by Crippen LogP contribution is -2.77. The van der Waals surface area contributed by atoms with E-state index in [2.05, 4.69) is 20.1 Å². The number of benzene rings is 1. The van der Waals surface area contributed by atoms with Gasteiger partial charge in [-0.15, -0.1) is 0 Å². The zero-order valence-corrected chi connectivity index (χ0v) is 22.9. The lowest BCUT2D eigenvalue weighted by molar-refractivity contribution is -0.203. The molecule has 3 unspecified atom stereocenters. The summed E-state index contributed by atoms with van der Waals surface area (Å²) >= 11 is 20.2. The molecule has 1 N–H and O–H groups in total. The first-order valence-electron chi connectivity index (χ1n) is 9.76. The largest absolute Gasteiger partial charge is 0.484 e. The van der Waals surface area contributed by atoms with Gasteiger partial charge in [0.1, 0.15) is 18.4 Å². The quantitative estimate of drug-likeness (QED) is 0.241. The molecule has 0 aromatic heterocycles. The van der Waals surface area contributed by atoms with Crippen LogP contribution in [0.25, 0.3) is 0 Å². The summed E-state index contributed by atoms with van der Waals surface area (Å²) in [7, 11) is 1.09. The number of para-hydroxylation sites is 1. The third-order valence-electron chi connectivity index (χ3n) is 4.53. The Balaban J connectivity index is 2.19. The summed E-state index contributed by atoms with van der Waals surface area (Å²) in [5.41, 5.74) is 0. The van der Waals surface area contributed by atoms with Crippen molar-refractivity contribution in [2.45, 2.75) is 47.6 Å². The summed E-state index contributed by atoms with van der Waals surface area (Å²) in [6.45, 7) is 3.51. The van der Waals surface area contributed by atoms with Gasteiger partial charge in [-0.3, -0.25) is 19.3 Å². The number of hydrogen-bond donors (Lipinski definition) is 1. The Morgan fingerprint density at radius 1 is 1.21 bits per heavy atom. The molecule has 0 aliphatic carbocycles. The fourth-order valence-electron chi connectivity index (χ4n) is 3.08. The van der Waals surface area contributed by atoms with Gasteiger partial charge >= 0.3 is 11.9 Å². The Kier molecular flexibility index (Phi) is 10.2. The number of nitrogens with one attached hydrogen (secondary N) is 1. The van der Waals surface area contributed by atoms with Gasteiger partial charge in [0.2, 0.25) is 10.0 Å². The van der Waals surface area contributed by atoms with E-state index < -0.39 is 57.2 Å². The van der Waals surface area contributed by atoms with Gasteiger partial charge in [-0.05, 0) is 40.8 Å². The molecule has 1 aliphatic rings. The molecule has 0 spiro atoms. The maximum absolute atomic E-state index is 13.0. The molecule has 1 aromatic rings. The Bertz CT molecular complexity index is 917. The van der Waals surface area contributed by atoms with Gasteiger partial charge < -0.3 is 19.5 Å². The predicted molar refractivity (Wildman–Crippen MR) is 132 cm³/mol. The van der Waals surface area contributed by atoms with Crippen molar-refractivity contribution in [2.24, 2.45) is 0 Å². The van der Waals surface area contributed by atoms with Crippen molar-refractivity contribution in [3.8, 4) is 5.75 Å². The molecule has 2 amide bonds. The summed E-state index contributed by atoms with van der Waals surface area (Å²) in [5, 5.41) is 2.48. The van der Waals surface area contributed by atoms with Crippen LogP contribution in [0.1, 0.15) is 20.8 Å². The van der Waals surface area contributed by atoms with E-state index in [1.165, 1.54) is 0 Å². The van der Waals surface area contributed by atoms with Gasteiger partial charge in [0.05, 0.1) is 4.75 Å². The maximum Gasteiger partial charge on any atom is 0.330 e. The van der Waals surface area contributed by atoms with Gasteiger partial charge in [0.15, 0.2) is 12.6 Å². The summed E-state index contributed by atoms with van der Waals surface area (Å²) < 4.78 is 12.9. The van der Waals surface area contributed by atoms with Gasteiger partial charge in [0.25, 0.3) is 11.8 Å². The van der Waals surface area contributed by atoms with E-state index >= 15 is 0 Å². The number of amides is 2. The van der Waals surface area contributed by atoms with E-state index in [9.17, 15) is 19.2 Å². The number of carbonyl (C=O) groups is 4. The molecule has 1 fully saturated rings. The molecule has 1 aliphatic heterocycles. The monoisotopic (exact) mass is 618 g/mol. The topological polar surface area (TPSA) is 111 Å². The molecule has 1 saturated heterocycles. The third-order valence-corrected chi connectivity index (χ3v) is 7.98. The van der Waals surface area contributed by atoms with E-state index in [0.29, 0.717) is 5.75 Å². The molecular formula is C20H22BrCl3N2O7S. The van der Waals surface area contributed by atoms with Crippen molar-refractivity contribution in [1.29, 1.82) is 0 Å². The van der Waals surface area contributed by atoms with Crippen LogP contribution in [0.5, 0.6) is 5.75 Å². The second-order valence-electron chi connectivity index (χ2n) is 7.70. The lowest BCUT2D eigenvalue weighted by Gasteiger charge is -2.51. The lowest BCUT2D eigenvalue weighted by atomic mass is 9.93. The van der Waals surface area contributed by atoms with Gasteiger partial charge in [-0.1, -0.05) is 63.2 Å². The standard InChI is InChI=1S/C20H22BrCl3N2O7S/c1-11(27)33-17-14(25-13(28)9-31-12-7-5-4-6-8-12)16(29)26(17)15(19(2,3)34-21)18(30)32-10-20(22,23)24/h4-8,14-15,17H,9-10H2,1-3H3,(H,25,28). The number of likely N-dealkylation sites (tertiary alicyclic amines) is 1. The number of β-lactam (4-membered cyclic amide) rings is 1. The first kappa shape index (κ1) is 28.8. The van der Waals surface area contributed by atoms with Crippen LogP contribution in [-0.4, -0.2) is 68.7 Å². The van der Waals surface area contributed by atoms with Crippen LogP contribution in [0.15, 0.2) is 30.3 Å². The fraction of sp³-hybridized carbons (Fsp3) is 0.500. The Hall–Kier alpha value is -1.40. The van der Waals surface area contributed by atoms with E-state index in [1.54, 1.807) is 44.2 Å².